The number of hydrogen-bond acceptors (Lipinski definition) is 2. The Morgan fingerprint density at radius 3 is 2.78 bits per heavy atom. The van der Waals surface area contributed by atoms with Crippen LogP contribution >= 0.6 is 12.2 Å². The van der Waals surface area contributed by atoms with Crippen LogP contribution in [0, 0.1) is 23.7 Å². The van der Waals surface area contributed by atoms with Crippen molar-refractivity contribution in [1.82, 2.24) is 0 Å². The van der Waals surface area contributed by atoms with Crippen LogP contribution in [0.1, 0.15) is 53.4 Å². The zero-order valence-electron chi connectivity index (χ0n) is 12.1. The molecule has 2 aliphatic carbocycles. The van der Waals surface area contributed by atoms with E-state index in [1.165, 1.54) is 19.3 Å². The van der Waals surface area contributed by atoms with Crippen LogP contribution in [0.3, 0.4) is 0 Å². The van der Waals surface area contributed by atoms with Crippen molar-refractivity contribution in [2.45, 2.75) is 58.9 Å². The third-order valence-corrected chi connectivity index (χ3v) is 5.31. The van der Waals surface area contributed by atoms with Crippen molar-refractivity contribution in [1.29, 1.82) is 0 Å². The first-order chi connectivity index (χ1) is 8.48. The quantitative estimate of drug-likeness (QED) is 0.393. The fraction of sp³-hybridized carbons (Fsp3) is 0.812. The van der Waals surface area contributed by atoms with E-state index in [4.69, 9.17) is 12.2 Å². The van der Waals surface area contributed by atoms with Gasteiger partial charge in [0.15, 0.2) is 0 Å². The first-order valence-corrected chi connectivity index (χ1v) is 7.68. The van der Waals surface area contributed by atoms with Crippen molar-refractivity contribution in [3.8, 4) is 0 Å². The van der Waals surface area contributed by atoms with Crippen molar-refractivity contribution in [3.05, 3.63) is 11.6 Å². The molecule has 0 radical (unpaired) electrons. The minimum absolute atomic E-state index is 0.0182. The molecule has 0 bridgehead atoms. The lowest BCUT2D eigenvalue weighted by Crippen LogP contribution is -2.34. The Morgan fingerprint density at radius 2 is 2.17 bits per heavy atom. The van der Waals surface area contributed by atoms with E-state index >= 15 is 0 Å². The molecule has 2 heteroatoms. The van der Waals surface area contributed by atoms with Crippen LogP contribution in [-0.4, -0.2) is 10.7 Å². The Labute approximate surface area is 117 Å². The lowest BCUT2D eigenvalue weighted by atomic mass is 9.76. The van der Waals surface area contributed by atoms with Gasteiger partial charge in [-0.05, 0) is 68.5 Å². The Balaban J connectivity index is 2.37. The predicted molar refractivity (Wildman–Crippen MR) is 81.0 cm³/mol. The molecule has 2 rings (SSSR count). The maximum absolute atomic E-state index is 4.89. The van der Waals surface area contributed by atoms with Crippen LogP contribution in [0.25, 0.3) is 0 Å². The number of aliphatic imine (C=N–C) groups is 1. The summed E-state index contributed by atoms with van der Waals surface area (Å²) in [4.78, 5) is 4.58. The first-order valence-electron chi connectivity index (χ1n) is 7.27. The molecule has 0 aromatic heterocycles. The molecule has 0 amide bonds. The van der Waals surface area contributed by atoms with Crippen molar-refractivity contribution in [2.75, 3.05) is 0 Å². The minimum Gasteiger partial charge on any atom is -0.226 e. The van der Waals surface area contributed by atoms with E-state index in [-0.39, 0.29) is 5.54 Å². The van der Waals surface area contributed by atoms with Gasteiger partial charge >= 0.3 is 0 Å². The van der Waals surface area contributed by atoms with E-state index in [0.717, 1.165) is 12.3 Å². The van der Waals surface area contributed by atoms with E-state index in [0.29, 0.717) is 17.8 Å². The van der Waals surface area contributed by atoms with Crippen LogP contribution in [0.5, 0.6) is 0 Å². The van der Waals surface area contributed by atoms with Gasteiger partial charge in [-0.3, -0.25) is 0 Å². The summed E-state index contributed by atoms with van der Waals surface area (Å²) in [6.07, 6.45) is 7.52. The molecule has 0 unspecified atom stereocenters. The van der Waals surface area contributed by atoms with Gasteiger partial charge in [-0.25, -0.2) is 4.99 Å². The first kappa shape index (κ1) is 14.0. The number of isothiocyanates is 1. The standard InChI is InChI=1S/C16H25NS/c1-11(2)13-7-8-16(4,17-10-18)15-6-5-12(3)14(15)9-13/h9,11-12,14-15H,5-8H2,1-4H3/t12-,14-,15-,16-/m1/s1. The highest BCUT2D eigenvalue weighted by Gasteiger charge is 2.45. The second kappa shape index (κ2) is 5.27. The third-order valence-electron chi connectivity index (χ3n) is 5.22. The molecule has 0 aromatic carbocycles. The molecule has 100 valence electrons. The maximum atomic E-state index is 4.89. The molecule has 0 aromatic rings. The Morgan fingerprint density at radius 1 is 1.44 bits per heavy atom. The molecule has 0 saturated heterocycles. The van der Waals surface area contributed by atoms with Gasteiger partial charge in [0.05, 0.1) is 10.7 Å². The molecule has 0 aliphatic heterocycles. The molecule has 1 nitrogen and oxygen atoms in total. The zero-order chi connectivity index (χ0) is 13.3. The fourth-order valence-corrected chi connectivity index (χ4v) is 4.08. The number of hydrogen-bond donors (Lipinski definition) is 0. The molecular weight excluding hydrogens is 238 g/mol. The summed E-state index contributed by atoms with van der Waals surface area (Å²) < 4.78 is 0. The fourth-order valence-electron chi connectivity index (χ4n) is 3.87. The topological polar surface area (TPSA) is 12.4 Å². The van der Waals surface area contributed by atoms with Gasteiger partial charge in [-0.2, -0.15) is 0 Å². The monoisotopic (exact) mass is 263 g/mol. The van der Waals surface area contributed by atoms with Crippen LogP contribution < -0.4 is 0 Å². The van der Waals surface area contributed by atoms with Gasteiger partial charge in [0.25, 0.3) is 0 Å². The van der Waals surface area contributed by atoms with Gasteiger partial charge < -0.3 is 0 Å². The second-order valence-electron chi connectivity index (χ2n) is 6.70. The maximum Gasteiger partial charge on any atom is 0.0719 e. The number of fused-ring (bicyclic) bond motifs is 1. The van der Waals surface area contributed by atoms with Crippen molar-refractivity contribution >= 4 is 17.4 Å². The van der Waals surface area contributed by atoms with Crippen LogP contribution in [-0.2, 0) is 0 Å². The number of thiocarbonyl (C=S) groups is 1. The summed E-state index contributed by atoms with van der Waals surface area (Å²) in [7, 11) is 0. The minimum atomic E-state index is 0.0182. The lowest BCUT2D eigenvalue weighted by Gasteiger charge is -2.33. The summed E-state index contributed by atoms with van der Waals surface area (Å²) in [6.45, 7) is 9.31. The van der Waals surface area contributed by atoms with E-state index in [9.17, 15) is 0 Å². The molecule has 1 saturated carbocycles. The number of allylic oxidation sites excluding steroid dienone is 2. The van der Waals surface area contributed by atoms with E-state index in [2.05, 4.69) is 43.9 Å². The van der Waals surface area contributed by atoms with Crippen molar-refractivity contribution in [2.24, 2.45) is 28.7 Å². The SMILES string of the molecule is CC(C)C1=C[C@@H]2[C@H](C)CC[C@H]2[C@](C)(N=C=S)CC1. The molecule has 18 heavy (non-hydrogen) atoms. The Hall–Kier alpha value is -0.460. The van der Waals surface area contributed by atoms with Gasteiger partial charge in [0.1, 0.15) is 0 Å². The van der Waals surface area contributed by atoms with Crippen LogP contribution in [0.4, 0.5) is 0 Å². The van der Waals surface area contributed by atoms with Gasteiger partial charge in [0.2, 0.25) is 0 Å². The average Bonchev–Trinajstić information content (AvgIpc) is 2.59. The normalized spacial score (nSPS) is 39.8. The smallest absolute Gasteiger partial charge is 0.0719 e. The molecule has 4 atom stereocenters. The second-order valence-corrected chi connectivity index (χ2v) is 6.88. The van der Waals surface area contributed by atoms with Gasteiger partial charge in [0, 0.05) is 0 Å². The summed E-state index contributed by atoms with van der Waals surface area (Å²) in [5, 5.41) is 2.66. The Bertz CT molecular complexity index is 392. The third kappa shape index (κ3) is 2.46. The molecule has 0 N–H and O–H groups in total. The van der Waals surface area contributed by atoms with Crippen LogP contribution in [0.2, 0.25) is 0 Å². The lowest BCUT2D eigenvalue weighted by molar-refractivity contribution is 0.243. The van der Waals surface area contributed by atoms with E-state index in [1.54, 1.807) is 5.57 Å². The summed E-state index contributed by atoms with van der Waals surface area (Å²) >= 11 is 4.89. The van der Waals surface area contributed by atoms with Crippen LogP contribution in [0.15, 0.2) is 16.6 Å². The van der Waals surface area contributed by atoms with E-state index < -0.39 is 0 Å². The Kier molecular flexibility index (Phi) is 4.08. The number of rotatable bonds is 2. The molecular formula is C16H25NS. The zero-order valence-corrected chi connectivity index (χ0v) is 12.9. The van der Waals surface area contributed by atoms with Crippen molar-refractivity contribution in [3.63, 3.8) is 0 Å². The summed E-state index contributed by atoms with van der Waals surface area (Å²) in [5.74, 6) is 2.82. The molecule has 2 aliphatic rings. The van der Waals surface area contributed by atoms with Gasteiger partial charge in [-0.15, -0.1) is 0 Å². The van der Waals surface area contributed by atoms with E-state index in [1.807, 2.05) is 0 Å². The highest BCUT2D eigenvalue weighted by atomic mass is 32.1. The average molecular weight is 263 g/mol. The van der Waals surface area contributed by atoms with Crippen molar-refractivity contribution < 1.29 is 0 Å². The molecule has 1 fully saturated rings. The largest absolute Gasteiger partial charge is 0.226 e. The molecule has 0 heterocycles. The van der Waals surface area contributed by atoms with Gasteiger partial charge in [-0.1, -0.05) is 32.4 Å². The summed E-state index contributed by atoms with van der Waals surface area (Å²) in [5.41, 5.74) is 1.65. The predicted octanol–water partition coefficient (Wildman–Crippen LogP) is 4.89. The highest BCUT2D eigenvalue weighted by Crippen LogP contribution is 2.50. The molecule has 0 spiro atoms. The summed E-state index contributed by atoms with van der Waals surface area (Å²) in [6, 6.07) is 0. The highest BCUT2D eigenvalue weighted by molar-refractivity contribution is 7.78. The number of nitrogens with zero attached hydrogens (tertiary/aromatic N) is 1.